The van der Waals surface area contributed by atoms with Gasteiger partial charge in [0, 0.05) is 157 Å². The van der Waals surface area contributed by atoms with Gasteiger partial charge in [-0.05, 0) is 125 Å². The largest absolute Gasteiger partial charge is 0.493 e. The first-order valence-corrected chi connectivity index (χ1v) is 47.1. The van der Waals surface area contributed by atoms with Crippen LogP contribution in [0.1, 0.15) is 61.3 Å². The SMILES string of the molecule is COc1cc2c(Oc3cnc4[nH]c(C)cc4c3)ccnc2cc1OCCC(=O)N1CC2(COC2)C1.COc1cc2c(Oc3cnc4[nH]c(C)cc4c3)ccnc2cc1OCCCC(=O)N1CC2(COC2)C1.COc1cc2c(Oc3cnc4[nH]c(C)cc4c3)ncnc2cc1OCCC(=O)N1CC2(COC2)C1.COc1cc2c(Oc3cnc4[nH]c(C)cc4c3)ncnc2cc1OCCCC(=O)N1CC2(COC2)C1. The normalized spacial score (nSPS) is 16.2. The maximum absolute atomic E-state index is 12.4. The van der Waals surface area contributed by atoms with Crippen LogP contribution in [-0.2, 0) is 38.1 Å². The number of aryl methyl sites for hydroxylation is 4. The highest BCUT2D eigenvalue weighted by molar-refractivity contribution is 5.93. The highest BCUT2D eigenvalue weighted by Gasteiger charge is 2.53. The van der Waals surface area contributed by atoms with Crippen molar-refractivity contribution in [3.05, 3.63) is 182 Å². The molecule has 142 heavy (non-hydrogen) atoms. The number of nitrogens with zero attached hydrogens (tertiary/aromatic N) is 14. The molecule has 20 heterocycles. The predicted octanol–water partition coefficient (Wildman–Crippen LogP) is 15.0. The fraction of sp³-hybridized carbons (Fsp3) is 0.365. The van der Waals surface area contributed by atoms with E-state index in [-0.39, 0.29) is 58.5 Å². The Hall–Kier alpha value is -15.5. The number of carbonyl (C=O) groups excluding carboxylic acids is 4. The number of aromatic amines is 4. The molecule has 12 aromatic heterocycles. The summed E-state index contributed by atoms with van der Waals surface area (Å²) in [5, 5.41) is 6.83. The molecule has 732 valence electrons. The maximum Gasteiger partial charge on any atom is 0.230 e. The van der Waals surface area contributed by atoms with Crippen molar-refractivity contribution >= 4 is 111 Å². The van der Waals surface area contributed by atoms with Gasteiger partial charge in [0.25, 0.3) is 0 Å². The number of hydrogen-bond acceptors (Lipinski definition) is 30. The number of ether oxygens (including phenoxy) is 16. The number of pyridine rings is 6. The Bertz CT molecular complexity index is 7030. The molecular formula is C104H106N18O20. The number of aromatic nitrogens is 14. The van der Waals surface area contributed by atoms with Gasteiger partial charge in [-0.1, -0.05) is 0 Å². The first-order valence-electron chi connectivity index (χ1n) is 47.1. The van der Waals surface area contributed by atoms with Crippen LogP contribution >= 0.6 is 0 Å². The lowest BCUT2D eigenvalue weighted by Gasteiger charge is -2.55. The minimum absolute atomic E-state index is 0.0866. The average Bonchev–Trinajstić information content (AvgIpc) is 0.925. The number of hydrogen-bond donors (Lipinski definition) is 4. The zero-order chi connectivity index (χ0) is 97.4. The Morgan fingerprint density at radius 2 is 0.577 bits per heavy atom. The first kappa shape index (κ1) is 92.8. The summed E-state index contributed by atoms with van der Waals surface area (Å²) in [6.07, 6.45) is 15.7. The van der Waals surface area contributed by atoms with Crippen molar-refractivity contribution in [2.75, 3.05) is 160 Å². The minimum atomic E-state index is 0.0866. The topological polar surface area (TPSA) is 421 Å². The van der Waals surface area contributed by atoms with E-state index in [1.807, 2.05) is 126 Å². The number of amides is 4. The molecule has 4 N–H and O–H groups in total. The van der Waals surface area contributed by atoms with Gasteiger partial charge in [-0.25, -0.2) is 39.9 Å². The van der Waals surface area contributed by atoms with Crippen molar-refractivity contribution in [1.29, 1.82) is 0 Å². The Kier molecular flexibility index (Phi) is 25.7. The molecule has 38 heteroatoms. The fourth-order valence-electron chi connectivity index (χ4n) is 19.0. The van der Waals surface area contributed by atoms with Gasteiger partial charge in [-0.3, -0.25) is 29.1 Å². The van der Waals surface area contributed by atoms with Crippen molar-refractivity contribution in [2.24, 2.45) is 21.7 Å². The van der Waals surface area contributed by atoms with Crippen molar-refractivity contribution < 1.29 is 95.0 Å². The van der Waals surface area contributed by atoms with E-state index in [0.29, 0.717) is 171 Å². The van der Waals surface area contributed by atoms with Crippen molar-refractivity contribution in [3.63, 3.8) is 0 Å². The number of fused-ring (bicyclic) bond motifs is 8. The van der Waals surface area contributed by atoms with E-state index >= 15 is 0 Å². The maximum atomic E-state index is 12.4. The second-order valence-corrected chi connectivity index (χ2v) is 37.8. The van der Waals surface area contributed by atoms with E-state index < -0.39 is 0 Å². The number of carbonyl (C=O) groups is 4. The molecule has 4 spiro atoms. The predicted molar refractivity (Wildman–Crippen MR) is 521 cm³/mol. The van der Waals surface area contributed by atoms with E-state index in [1.54, 1.807) is 96.0 Å². The molecule has 38 nitrogen and oxygen atoms in total. The van der Waals surface area contributed by atoms with Gasteiger partial charge >= 0.3 is 0 Å². The number of methoxy groups -OCH3 is 4. The van der Waals surface area contributed by atoms with Crippen LogP contribution in [0.15, 0.2) is 159 Å². The molecule has 24 rings (SSSR count). The van der Waals surface area contributed by atoms with Gasteiger partial charge < -0.3 is 115 Å². The quantitative estimate of drug-likeness (QED) is 0.0304. The summed E-state index contributed by atoms with van der Waals surface area (Å²) in [6, 6.07) is 33.9. The Balaban J connectivity index is 0.000000112. The summed E-state index contributed by atoms with van der Waals surface area (Å²) >= 11 is 0. The van der Waals surface area contributed by atoms with Crippen LogP contribution in [0.2, 0.25) is 0 Å². The summed E-state index contributed by atoms with van der Waals surface area (Å²) in [4.78, 5) is 114. The molecule has 0 bridgehead atoms. The zero-order valence-electron chi connectivity index (χ0n) is 79.8. The van der Waals surface area contributed by atoms with Crippen molar-refractivity contribution in [3.8, 4) is 92.3 Å². The van der Waals surface area contributed by atoms with Crippen LogP contribution in [0.5, 0.6) is 92.3 Å². The van der Waals surface area contributed by atoms with E-state index in [1.165, 1.54) is 12.7 Å². The van der Waals surface area contributed by atoms with Crippen LogP contribution in [0.25, 0.3) is 87.7 Å². The van der Waals surface area contributed by atoms with Crippen LogP contribution in [0.4, 0.5) is 0 Å². The van der Waals surface area contributed by atoms with Gasteiger partial charge in [0.1, 0.15) is 69.7 Å². The lowest BCUT2D eigenvalue weighted by molar-refractivity contribution is -0.195. The standard InChI is InChI=1S/C27H28N4O5.C26H27N5O5.C26H26N4O5.C25H25N5O5/c1-17-8-18-9-19(12-29-26(18)30-17)36-22-5-6-28-21-11-24(23(33-2)10-20(21)22)35-7-3-4-25(32)31-13-27(14-31)15-34-16-27;1-16-6-17-7-18(10-27-24(17)30-16)36-25-19-8-21(33-2)22(9-20(19)28-15-29-25)35-5-3-4-23(32)31-11-26(12-31)13-34-14-26;1-16-7-17-8-18(11-28-25(17)29-16)35-21-3-5-27-20-10-23(22(32-2)9-19(20)21)34-6-4-24(31)30-12-26(13-30)14-33-15-26;1-15-5-16-6-17(9-26-23(16)29-15)35-24-18-7-20(32-2)21(8-19(18)27-14-28-24)34-4-3-22(31)30-10-25(11-30)12-33-13-25/h5-6,8-12H,3-4,7,13-16H2,1-2H3,(H,29,30);6-10,15H,3-5,11-14H2,1-2H3,(H,27,30);3,5,7-11H,4,6,12-15H2,1-2H3,(H,28,29);5-9,14H,3-4,10-13H2,1-2H3,(H,26,29). The molecule has 16 aromatic rings. The van der Waals surface area contributed by atoms with Gasteiger partial charge in [0.05, 0.1) is 200 Å². The molecule has 4 amide bonds. The van der Waals surface area contributed by atoms with Gasteiger partial charge in [0.15, 0.2) is 46.0 Å². The van der Waals surface area contributed by atoms with Gasteiger partial charge in [-0.2, -0.15) is 0 Å². The van der Waals surface area contributed by atoms with E-state index in [2.05, 4.69) is 69.8 Å². The summed E-state index contributed by atoms with van der Waals surface area (Å²) < 4.78 is 91.6. The zero-order valence-corrected chi connectivity index (χ0v) is 79.8. The summed E-state index contributed by atoms with van der Waals surface area (Å²) in [5.41, 5.74) is 11.0. The molecule has 8 fully saturated rings. The molecule has 0 saturated carbocycles. The number of H-pyrrole nitrogens is 4. The lowest BCUT2D eigenvalue weighted by Crippen LogP contribution is -2.67. The van der Waals surface area contributed by atoms with E-state index in [4.69, 9.17) is 75.8 Å². The van der Waals surface area contributed by atoms with Crippen LogP contribution in [0, 0.1) is 49.4 Å². The molecule has 0 aliphatic carbocycles. The number of benzene rings is 4. The molecule has 8 saturated heterocycles. The molecule has 8 aliphatic rings. The summed E-state index contributed by atoms with van der Waals surface area (Å²) in [7, 11) is 6.33. The van der Waals surface area contributed by atoms with Crippen LogP contribution in [0.3, 0.4) is 0 Å². The molecular weight excluding hydrogens is 1820 g/mol. The summed E-state index contributed by atoms with van der Waals surface area (Å²) in [6.45, 7) is 21.8. The second-order valence-electron chi connectivity index (χ2n) is 37.8. The highest BCUT2D eigenvalue weighted by atomic mass is 16.5. The van der Waals surface area contributed by atoms with Crippen molar-refractivity contribution in [1.82, 2.24) is 89.4 Å². The number of nitrogens with one attached hydrogen (secondary N) is 4. The summed E-state index contributed by atoms with van der Waals surface area (Å²) in [5.74, 6) is 9.35. The smallest absolute Gasteiger partial charge is 0.230 e. The molecule has 0 atom stereocenters. The first-order chi connectivity index (χ1) is 69.1. The number of likely N-dealkylation sites (tertiary alicyclic amines) is 4. The minimum Gasteiger partial charge on any atom is -0.493 e. The third-order valence-electron chi connectivity index (χ3n) is 26.6. The fourth-order valence-corrected chi connectivity index (χ4v) is 19.0. The Labute approximate surface area is 813 Å². The van der Waals surface area contributed by atoms with E-state index in [9.17, 15) is 19.2 Å². The highest BCUT2D eigenvalue weighted by Crippen LogP contribution is 2.47. The monoisotopic (exact) mass is 1930 g/mol. The molecule has 4 aromatic carbocycles. The Morgan fingerprint density at radius 3 is 0.866 bits per heavy atom. The molecule has 8 aliphatic heterocycles. The van der Waals surface area contributed by atoms with Crippen molar-refractivity contribution in [2.45, 2.75) is 66.2 Å². The lowest BCUT2D eigenvalue weighted by atomic mass is 9.78. The third kappa shape index (κ3) is 19.7. The van der Waals surface area contributed by atoms with Gasteiger partial charge in [0.2, 0.25) is 35.4 Å². The second kappa shape index (κ2) is 39.3. The van der Waals surface area contributed by atoms with E-state index in [0.717, 1.165) is 188 Å². The van der Waals surface area contributed by atoms with Crippen LogP contribution in [-0.4, -0.2) is 273 Å². The molecule has 0 unspecified atom stereocenters. The average molecular weight is 1930 g/mol. The van der Waals surface area contributed by atoms with Gasteiger partial charge in [-0.15, -0.1) is 0 Å². The number of rotatable bonds is 30. The Morgan fingerprint density at radius 1 is 0.303 bits per heavy atom. The molecule has 0 radical (unpaired) electrons. The van der Waals surface area contributed by atoms with Crippen LogP contribution < -0.4 is 56.8 Å². The third-order valence-corrected chi connectivity index (χ3v) is 26.6.